The molecule has 2 atom stereocenters. The Morgan fingerprint density at radius 1 is 0.500 bits per heavy atom. The quantitative estimate of drug-likeness (QED) is 0.227. The second-order valence-electron chi connectivity index (χ2n) is 12.0. The van der Waals surface area contributed by atoms with Crippen LogP contribution in [0.3, 0.4) is 0 Å². The summed E-state index contributed by atoms with van der Waals surface area (Å²) in [6, 6.07) is 45.3. The van der Waals surface area contributed by atoms with Gasteiger partial charge in [-0.3, -0.25) is 0 Å². The minimum absolute atomic E-state index is 0. The average Bonchev–Trinajstić information content (AvgIpc) is 3.56. The molecule has 0 aliphatic heterocycles. The molecule has 5 aromatic carbocycles. The Labute approximate surface area is 283 Å². The molecule has 0 N–H and O–H groups in total. The number of fused-ring (bicyclic) bond motifs is 2. The molecule has 0 nitrogen and oxygen atoms in total. The minimum Gasteiger partial charge on any atom is -1.00 e. The van der Waals surface area contributed by atoms with Gasteiger partial charge in [0.05, 0.1) is 0 Å². The van der Waals surface area contributed by atoms with Crippen molar-refractivity contribution in [3.05, 3.63) is 160 Å². The van der Waals surface area contributed by atoms with Crippen LogP contribution in [0.1, 0.15) is 47.6 Å². The van der Waals surface area contributed by atoms with E-state index in [1.807, 2.05) is 0 Å². The first kappa shape index (κ1) is 32.6. The number of rotatable bonds is 5. The summed E-state index contributed by atoms with van der Waals surface area (Å²) >= 11 is -2.27. The second kappa shape index (κ2) is 13.7. The molecule has 2 aliphatic rings. The Kier molecular flexibility index (Phi) is 10.2. The molecule has 0 fully saturated rings. The van der Waals surface area contributed by atoms with Crippen LogP contribution in [-0.2, 0) is 20.4 Å². The zero-order valence-corrected chi connectivity index (χ0v) is 30.6. The van der Waals surface area contributed by atoms with Crippen molar-refractivity contribution in [2.24, 2.45) is 0 Å². The van der Waals surface area contributed by atoms with Crippen molar-refractivity contribution in [1.29, 1.82) is 0 Å². The molecule has 218 valence electrons. The zero-order valence-electron chi connectivity index (χ0n) is 25.6. The zero-order chi connectivity index (χ0) is 28.8. The van der Waals surface area contributed by atoms with Gasteiger partial charge in [0.25, 0.3) is 0 Å². The average molecular weight is 707 g/mol. The van der Waals surface area contributed by atoms with Crippen molar-refractivity contribution < 1.29 is 45.2 Å². The predicted molar refractivity (Wildman–Crippen MR) is 179 cm³/mol. The number of hydrogen-bond acceptors (Lipinski definition) is 0. The first-order valence-corrected chi connectivity index (χ1v) is 24.0. The molecular formula is C40H36Cl2SiZr. The number of hydrogen-bond donors (Lipinski definition) is 0. The van der Waals surface area contributed by atoms with E-state index in [9.17, 15) is 0 Å². The van der Waals surface area contributed by atoms with Crippen LogP contribution in [-0.4, -0.2) is 5.43 Å². The van der Waals surface area contributed by atoms with Crippen LogP contribution in [0.15, 0.2) is 127 Å². The van der Waals surface area contributed by atoms with Crippen molar-refractivity contribution in [3.63, 3.8) is 0 Å². The maximum Gasteiger partial charge on any atom is -1.00 e. The van der Waals surface area contributed by atoms with Gasteiger partial charge in [-0.1, -0.05) is 0 Å². The van der Waals surface area contributed by atoms with E-state index in [1.165, 1.54) is 44.5 Å². The fourth-order valence-electron chi connectivity index (χ4n) is 7.32. The molecule has 0 amide bonds. The van der Waals surface area contributed by atoms with Crippen molar-refractivity contribution in [3.8, 4) is 22.3 Å². The molecule has 44 heavy (non-hydrogen) atoms. The molecule has 2 aliphatic carbocycles. The van der Waals surface area contributed by atoms with E-state index in [-0.39, 0.29) is 24.8 Å². The molecular weight excluding hydrogens is 671 g/mol. The normalized spacial score (nSPS) is 15.9. The third-order valence-electron chi connectivity index (χ3n) is 9.16. The maximum atomic E-state index is 2.63. The second-order valence-corrected chi connectivity index (χ2v) is 29.8. The molecule has 5 aromatic rings. The summed E-state index contributed by atoms with van der Waals surface area (Å²) in [7, 11) is 0. The molecule has 4 heteroatoms. The van der Waals surface area contributed by atoms with Gasteiger partial charge in [-0.25, -0.2) is 0 Å². The molecule has 0 aromatic heterocycles. The van der Waals surface area contributed by atoms with Gasteiger partial charge >= 0.3 is 260 Å². The third-order valence-corrected chi connectivity index (χ3v) is 28.7. The summed E-state index contributed by atoms with van der Waals surface area (Å²) in [6.07, 6.45) is 5.13. The van der Waals surface area contributed by atoms with Crippen molar-refractivity contribution in [2.45, 2.75) is 34.2 Å². The van der Waals surface area contributed by atoms with Crippen LogP contribution in [0.5, 0.6) is 0 Å². The molecule has 0 radical (unpaired) electrons. The monoisotopic (exact) mass is 704 g/mol. The number of halogens is 2. The van der Waals surface area contributed by atoms with Crippen LogP contribution in [0.2, 0.25) is 13.1 Å². The van der Waals surface area contributed by atoms with Gasteiger partial charge < -0.3 is 24.8 Å². The van der Waals surface area contributed by atoms with Crippen LogP contribution in [0.4, 0.5) is 0 Å². The largest absolute Gasteiger partial charge is 1.00 e. The number of allylic oxidation sites excluding steroid dienone is 2. The Balaban J connectivity index is 0.00000192. The van der Waals surface area contributed by atoms with Gasteiger partial charge in [0.2, 0.25) is 0 Å². The molecule has 0 bridgehead atoms. The van der Waals surface area contributed by atoms with Crippen LogP contribution >= 0.6 is 0 Å². The van der Waals surface area contributed by atoms with E-state index in [2.05, 4.69) is 160 Å². The SMILES string of the molecule is CC1=Cc2c(-c3ccccc3)cccc2[CH]1[Zr+2]([CH]1C(c2ccccc2C)=Cc2c(-c3ccccc3)cccc21)=[Si](C)C.[Cl-].[Cl-]. The van der Waals surface area contributed by atoms with Gasteiger partial charge in [0.15, 0.2) is 0 Å². The first-order valence-electron chi connectivity index (χ1n) is 15.0. The van der Waals surface area contributed by atoms with Crippen molar-refractivity contribution in [1.82, 2.24) is 0 Å². The fourth-order valence-corrected chi connectivity index (χ4v) is 27.6. The first-order chi connectivity index (χ1) is 20.5. The summed E-state index contributed by atoms with van der Waals surface area (Å²) in [6.45, 7) is 9.97. The molecule has 2 unspecified atom stereocenters. The van der Waals surface area contributed by atoms with Gasteiger partial charge in [-0.2, -0.15) is 0 Å². The molecule has 0 saturated carbocycles. The molecule has 7 rings (SSSR count). The Morgan fingerprint density at radius 2 is 0.977 bits per heavy atom. The standard InChI is InChI=1S/C22H17.C16H13.C2H6Si.2ClH.Zr/c1-16-8-5-6-12-20(16)19-14-18-11-7-13-21(22(18)15-19)17-9-3-2-4-10-17;1-12-10-14-8-5-9-15(16(14)11-12)13-6-3-2-4-7-13;1-3-2;;;/h2-15H,1H3;2-11H,1H3;1-2H3;2*1H;/q;;;;;+2/p-2. The van der Waals surface area contributed by atoms with Gasteiger partial charge in [0.1, 0.15) is 0 Å². The number of aryl methyl sites for hydroxylation is 1. The summed E-state index contributed by atoms with van der Waals surface area (Å²) in [5, 5.41) is 0. The van der Waals surface area contributed by atoms with E-state index in [4.69, 9.17) is 0 Å². The van der Waals surface area contributed by atoms with Crippen LogP contribution < -0.4 is 24.8 Å². The summed E-state index contributed by atoms with van der Waals surface area (Å²) in [4.78, 5) is 0. The van der Waals surface area contributed by atoms with E-state index in [0.717, 1.165) is 0 Å². The molecule has 0 heterocycles. The van der Waals surface area contributed by atoms with Crippen LogP contribution in [0.25, 0.3) is 40.0 Å². The minimum atomic E-state index is -2.27. The summed E-state index contributed by atoms with van der Waals surface area (Å²) in [5.74, 6) is 0. The predicted octanol–water partition coefficient (Wildman–Crippen LogP) is 4.96. The number of benzene rings is 5. The smallest absolute Gasteiger partial charge is 1.00 e. The van der Waals surface area contributed by atoms with Gasteiger partial charge in [0, 0.05) is 0 Å². The topological polar surface area (TPSA) is 0 Å². The Bertz CT molecular complexity index is 1920. The summed E-state index contributed by atoms with van der Waals surface area (Å²) in [5.41, 5.74) is 16.9. The molecule has 0 spiro atoms. The van der Waals surface area contributed by atoms with Crippen molar-refractivity contribution in [2.75, 3.05) is 0 Å². The Hall–Kier alpha value is -2.74. The van der Waals surface area contributed by atoms with Gasteiger partial charge in [-0.15, -0.1) is 0 Å². The molecule has 0 saturated heterocycles. The summed E-state index contributed by atoms with van der Waals surface area (Å²) < 4.78 is 1.13. The van der Waals surface area contributed by atoms with E-state index < -0.39 is 25.8 Å². The van der Waals surface area contributed by atoms with E-state index in [1.54, 1.807) is 22.3 Å². The maximum absolute atomic E-state index is 2.63. The van der Waals surface area contributed by atoms with Gasteiger partial charge in [-0.05, 0) is 0 Å². The van der Waals surface area contributed by atoms with E-state index >= 15 is 0 Å². The van der Waals surface area contributed by atoms with Crippen LogP contribution in [0, 0.1) is 6.92 Å². The Morgan fingerprint density at radius 3 is 1.52 bits per heavy atom. The van der Waals surface area contributed by atoms with Crippen molar-refractivity contribution >= 4 is 23.2 Å². The fraction of sp³-hybridized carbons (Fsp3) is 0.150. The van der Waals surface area contributed by atoms with E-state index in [0.29, 0.717) is 7.25 Å². The third kappa shape index (κ3) is 5.72.